The summed E-state index contributed by atoms with van der Waals surface area (Å²) in [4.78, 5) is 6.44. The molecule has 0 unspecified atom stereocenters. The number of fused-ring (bicyclic) bond motifs is 1. The van der Waals surface area contributed by atoms with Crippen molar-refractivity contribution in [2.24, 2.45) is 0 Å². The predicted molar refractivity (Wildman–Crippen MR) is 135 cm³/mol. The first-order valence-electron chi connectivity index (χ1n) is 11.4. The second-order valence-electron chi connectivity index (χ2n) is 8.78. The van der Waals surface area contributed by atoms with Crippen LogP contribution in [0.25, 0.3) is 22.4 Å². The summed E-state index contributed by atoms with van der Waals surface area (Å²) in [5.74, 6) is 0. The first-order valence-corrected chi connectivity index (χ1v) is 14.8. The zero-order chi connectivity index (χ0) is 26.4. The Morgan fingerprint density at radius 1 is 0.892 bits per heavy atom. The Balaban J connectivity index is 1.55. The molecule has 0 saturated heterocycles. The van der Waals surface area contributed by atoms with E-state index in [1.54, 1.807) is 48.5 Å². The summed E-state index contributed by atoms with van der Waals surface area (Å²) in [7, 11) is -3.40. The van der Waals surface area contributed by atoms with Crippen molar-refractivity contribution in [3.05, 3.63) is 102 Å². The minimum absolute atomic E-state index is 0.265. The van der Waals surface area contributed by atoms with Gasteiger partial charge in [-0.25, -0.2) is 0 Å². The fraction of sp³-hybridized carbons (Fsp3) is 0.143. The number of halogens is 3. The first-order chi connectivity index (χ1) is 17.5. The van der Waals surface area contributed by atoms with E-state index >= 15 is 0 Å². The summed E-state index contributed by atoms with van der Waals surface area (Å²) >= 11 is 1.11. The van der Waals surface area contributed by atoms with E-state index < -0.39 is 21.7 Å². The molecule has 5 rings (SSSR count). The number of pyridine rings is 1. The maximum absolute atomic E-state index is 13.7. The molecule has 0 fully saturated rings. The van der Waals surface area contributed by atoms with Gasteiger partial charge in [0.25, 0.3) is 0 Å². The van der Waals surface area contributed by atoms with E-state index in [1.165, 1.54) is 12.3 Å². The number of anilines is 1. The van der Waals surface area contributed by atoms with Crippen LogP contribution in [0.2, 0.25) is 0 Å². The topological polar surface area (TPSA) is 50.3 Å². The standard InChI is InChI=1S/C28H21F3N2O2S.W/c1-36(34,35)25-10-6-5-9-23(25)19-11-13-22(14-12-19)33-16-15-21-17-26(28(29,30)31)32-27(24(21)18-33)20-7-3-2-4-8-20;/h2-14,17H,15-16H2,1H3;. The van der Waals surface area contributed by atoms with Crippen LogP contribution in [0.15, 0.2) is 89.8 Å². The number of sulfone groups is 1. The molecule has 0 bridgehead atoms. The summed E-state index contributed by atoms with van der Waals surface area (Å²) in [6.07, 6.45) is -2.90. The molecule has 4 nitrogen and oxygen atoms in total. The van der Waals surface area contributed by atoms with Crippen LogP contribution >= 0.6 is 0 Å². The molecule has 0 radical (unpaired) electrons. The van der Waals surface area contributed by atoms with Crippen molar-refractivity contribution in [2.45, 2.75) is 17.5 Å². The maximum atomic E-state index is 13.7. The van der Waals surface area contributed by atoms with E-state index in [9.17, 15) is 21.6 Å². The van der Waals surface area contributed by atoms with Gasteiger partial charge in [-0.05, 0) is 0 Å². The van der Waals surface area contributed by atoms with Crippen LogP contribution in [0.5, 0.6) is 0 Å². The van der Waals surface area contributed by atoms with Crippen molar-refractivity contribution < 1.29 is 40.9 Å². The number of hydrogen-bond donors (Lipinski definition) is 0. The van der Waals surface area contributed by atoms with E-state index in [4.69, 9.17) is 0 Å². The Morgan fingerprint density at radius 3 is 2.19 bits per heavy atom. The van der Waals surface area contributed by atoms with Crippen molar-refractivity contribution in [1.29, 1.82) is 0 Å². The van der Waals surface area contributed by atoms with Gasteiger partial charge in [-0.3, -0.25) is 0 Å². The summed E-state index contributed by atoms with van der Waals surface area (Å²) in [5.41, 5.74) is 3.76. The zero-order valence-electron chi connectivity index (χ0n) is 19.7. The molecule has 3 aromatic carbocycles. The summed E-state index contributed by atoms with van der Waals surface area (Å²) in [6.45, 7) is 0.528. The third-order valence-electron chi connectivity index (χ3n) is 6.28. The van der Waals surface area contributed by atoms with Gasteiger partial charge in [0.2, 0.25) is 0 Å². The van der Waals surface area contributed by atoms with Crippen molar-refractivity contribution in [2.75, 3.05) is 17.7 Å². The second kappa shape index (κ2) is 9.66. The van der Waals surface area contributed by atoms with Crippen LogP contribution in [0.3, 0.4) is 0 Å². The van der Waals surface area contributed by atoms with Gasteiger partial charge in [0.05, 0.1) is 0 Å². The molecule has 0 atom stereocenters. The van der Waals surface area contributed by atoms with E-state index in [1.807, 2.05) is 30.3 Å². The van der Waals surface area contributed by atoms with Crippen molar-refractivity contribution in [3.8, 4) is 22.4 Å². The number of nitrogens with zero attached hydrogens (tertiary/aromatic N) is 2. The Kier molecular flexibility index (Phi) is 6.67. The normalized spacial score (nSPS) is 13.9. The minimum atomic E-state index is -4.53. The van der Waals surface area contributed by atoms with Crippen LogP contribution in [-0.2, 0) is 41.8 Å². The van der Waals surface area contributed by atoms with Crippen molar-refractivity contribution >= 4 is 19.5 Å². The van der Waals surface area contributed by atoms with E-state index in [0.717, 1.165) is 40.2 Å². The van der Waals surface area contributed by atoms with Crippen LogP contribution in [0, 0.1) is 0 Å². The quantitative estimate of drug-likeness (QED) is 0.267. The molecule has 37 heavy (non-hydrogen) atoms. The van der Waals surface area contributed by atoms with Gasteiger partial charge in [0, 0.05) is 0 Å². The molecule has 0 amide bonds. The molecule has 0 N–H and O–H groups in total. The van der Waals surface area contributed by atoms with E-state index in [0.29, 0.717) is 35.3 Å². The average Bonchev–Trinajstić information content (AvgIpc) is 2.88. The Morgan fingerprint density at radius 2 is 1.54 bits per heavy atom. The van der Waals surface area contributed by atoms with Crippen molar-refractivity contribution in [3.63, 3.8) is 0 Å². The fourth-order valence-corrected chi connectivity index (χ4v) is 6.98. The van der Waals surface area contributed by atoms with Gasteiger partial charge >= 0.3 is 225 Å². The molecular weight excluding hydrogens is 669 g/mol. The van der Waals surface area contributed by atoms with Crippen LogP contribution in [-0.4, -0.2) is 30.2 Å². The van der Waals surface area contributed by atoms with Gasteiger partial charge in [-0.1, -0.05) is 0 Å². The molecule has 0 spiro atoms. The summed E-state index contributed by atoms with van der Waals surface area (Å²) in [6, 6.07) is 24.6. The van der Waals surface area contributed by atoms with Gasteiger partial charge in [-0.2, -0.15) is 0 Å². The molecule has 9 heteroatoms. The van der Waals surface area contributed by atoms with Crippen molar-refractivity contribution in [1.82, 2.24) is 4.98 Å². The molecule has 0 aliphatic carbocycles. The predicted octanol–water partition coefficient (Wildman–Crippen LogP) is 5.93. The van der Waals surface area contributed by atoms with Gasteiger partial charge < -0.3 is 0 Å². The molecule has 1 aromatic heterocycles. The van der Waals surface area contributed by atoms with E-state index in [2.05, 4.69) is 9.88 Å². The number of aromatic nitrogens is 1. The molecule has 2 heterocycles. The Labute approximate surface area is 224 Å². The molecular formula is C28H21F3N2O2SW. The number of alkyl halides is 3. The number of benzene rings is 3. The molecule has 1 aliphatic rings. The second-order valence-corrected chi connectivity index (χ2v) is 12.1. The molecule has 188 valence electrons. The molecule has 0 saturated carbocycles. The van der Waals surface area contributed by atoms with Gasteiger partial charge in [0.1, 0.15) is 0 Å². The third-order valence-corrected chi connectivity index (χ3v) is 8.96. The Hall–Kier alpha value is -3.09. The van der Waals surface area contributed by atoms with Gasteiger partial charge in [0.15, 0.2) is 0 Å². The third kappa shape index (κ3) is 5.05. The molecule has 4 aromatic rings. The Bertz CT molecular complexity index is 1600. The fourth-order valence-electron chi connectivity index (χ4n) is 4.55. The van der Waals surface area contributed by atoms with Gasteiger partial charge in [-0.15, -0.1) is 0 Å². The van der Waals surface area contributed by atoms with Crippen LogP contribution in [0.1, 0.15) is 16.8 Å². The SMILES string of the molecule is CS(=O)(=O)c1ccccc1-c1ccc(N2CCc3cc(C(F)(F)F)nc(-c4ccccc4)c3[C]2=[W])cc1. The van der Waals surface area contributed by atoms with Crippen LogP contribution in [0.4, 0.5) is 18.9 Å². The van der Waals surface area contributed by atoms with E-state index in [-0.39, 0.29) is 4.90 Å². The van der Waals surface area contributed by atoms with Crippen LogP contribution < -0.4 is 4.90 Å². The number of hydrogen-bond acceptors (Lipinski definition) is 4. The first kappa shape index (κ1) is 25.6. The summed E-state index contributed by atoms with van der Waals surface area (Å²) in [5, 5.41) is 0. The zero-order valence-corrected chi connectivity index (χ0v) is 23.4. The monoisotopic (exact) mass is 690 g/mol. The average molecular weight is 690 g/mol. The number of rotatable bonds is 4. The summed E-state index contributed by atoms with van der Waals surface area (Å²) < 4.78 is 66.4. The molecule has 1 aliphatic heterocycles.